The van der Waals surface area contributed by atoms with E-state index in [2.05, 4.69) is 38.0 Å². The van der Waals surface area contributed by atoms with Crippen molar-refractivity contribution in [2.24, 2.45) is 17.8 Å². The Labute approximate surface area is 107 Å². The fraction of sp³-hybridized carbons (Fsp3) is 1.00. The van der Waals surface area contributed by atoms with Gasteiger partial charge in [-0.1, -0.05) is 27.2 Å². The fourth-order valence-electron chi connectivity index (χ4n) is 3.86. The molecule has 0 aromatic heterocycles. The molecule has 17 heavy (non-hydrogen) atoms. The van der Waals surface area contributed by atoms with Crippen molar-refractivity contribution in [3.63, 3.8) is 0 Å². The van der Waals surface area contributed by atoms with Gasteiger partial charge in [-0.2, -0.15) is 0 Å². The van der Waals surface area contributed by atoms with Gasteiger partial charge in [-0.25, -0.2) is 0 Å². The third-order valence-corrected chi connectivity index (χ3v) is 5.06. The standard InChI is InChI=1S/C15H30N2/c1-11-6-5-7-12(2)15(11)16-14-8-9-17(4)10-13(14)3/h11-16H,5-10H2,1-4H3. The van der Waals surface area contributed by atoms with Gasteiger partial charge in [0.05, 0.1) is 0 Å². The smallest absolute Gasteiger partial charge is 0.0121 e. The molecule has 1 aliphatic heterocycles. The van der Waals surface area contributed by atoms with Gasteiger partial charge in [0, 0.05) is 18.6 Å². The van der Waals surface area contributed by atoms with Crippen molar-refractivity contribution in [2.75, 3.05) is 20.1 Å². The topological polar surface area (TPSA) is 15.3 Å². The second kappa shape index (κ2) is 5.71. The van der Waals surface area contributed by atoms with Crippen LogP contribution in [0.25, 0.3) is 0 Å². The van der Waals surface area contributed by atoms with Crippen LogP contribution >= 0.6 is 0 Å². The lowest BCUT2D eigenvalue weighted by molar-refractivity contribution is 0.125. The molecule has 0 amide bonds. The maximum atomic E-state index is 4.00. The molecule has 4 unspecified atom stereocenters. The van der Waals surface area contributed by atoms with Crippen molar-refractivity contribution in [1.29, 1.82) is 0 Å². The Morgan fingerprint density at radius 2 is 1.59 bits per heavy atom. The van der Waals surface area contributed by atoms with Crippen LogP contribution in [0.3, 0.4) is 0 Å². The average molecular weight is 238 g/mol. The Morgan fingerprint density at radius 3 is 2.18 bits per heavy atom. The number of rotatable bonds is 2. The molecule has 2 heteroatoms. The lowest BCUT2D eigenvalue weighted by atomic mass is 9.77. The summed E-state index contributed by atoms with van der Waals surface area (Å²) in [6, 6.07) is 1.51. The van der Waals surface area contributed by atoms with Crippen LogP contribution in [0.15, 0.2) is 0 Å². The van der Waals surface area contributed by atoms with Gasteiger partial charge in [-0.3, -0.25) is 0 Å². The van der Waals surface area contributed by atoms with Crippen LogP contribution in [0.4, 0.5) is 0 Å². The molecule has 100 valence electrons. The minimum atomic E-state index is 0.749. The molecule has 0 radical (unpaired) electrons. The molecule has 1 N–H and O–H groups in total. The molecule has 1 saturated carbocycles. The van der Waals surface area contributed by atoms with Crippen LogP contribution in [0.5, 0.6) is 0 Å². The van der Waals surface area contributed by atoms with Crippen LogP contribution < -0.4 is 5.32 Å². The zero-order valence-electron chi connectivity index (χ0n) is 12.1. The van der Waals surface area contributed by atoms with Gasteiger partial charge in [0.25, 0.3) is 0 Å². The summed E-state index contributed by atoms with van der Waals surface area (Å²) in [6.07, 6.45) is 5.60. The van der Waals surface area contributed by atoms with Gasteiger partial charge in [0.1, 0.15) is 0 Å². The van der Waals surface area contributed by atoms with E-state index in [4.69, 9.17) is 0 Å². The summed E-state index contributed by atoms with van der Waals surface area (Å²) < 4.78 is 0. The maximum absolute atomic E-state index is 4.00. The van der Waals surface area contributed by atoms with Crippen LogP contribution in [0, 0.1) is 17.8 Å². The normalized spacial score (nSPS) is 44.8. The first kappa shape index (κ1) is 13.4. The van der Waals surface area contributed by atoms with Crippen molar-refractivity contribution >= 4 is 0 Å². The third-order valence-electron chi connectivity index (χ3n) is 5.06. The van der Waals surface area contributed by atoms with Crippen LogP contribution in [0.1, 0.15) is 46.5 Å². The molecule has 1 heterocycles. The first-order chi connectivity index (χ1) is 8.08. The van der Waals surface area contributed by atoms with Gasteiger partial charge in [-0.15, -0.1) is 0 Å². The van der Waals surface area contributed by atoms with Crippen molar-refractivity contribution < 1.29 is 0 Å². The number of likely N-dealkylation sites (tertiary alicyclic amines) is 1. The summed E-state index contributed by atoms with van der Waals surface area (Å²) in [6.45, 7) is 9.80. The van der Waals surface area contributed by atoms with Crippen molar-refractivity contribution in [1.82, 2.24) is 10.2 Å². The van der Waals surface area contributed by atoms with Gasteiger partial charge in [0.15, 0.2) is 0 Å². The molecular weight excluding hydrogens is 208 g/mol. The number of nitrogens with one attached hydrogen (secondary N) is 1. The second-order valence-corrected chi connectivity index (χ2v) is 6.71. The van der Waals surface area contributed by atoms with Gasteiger partial charge in [-0.05, 0) is 50.6 Å². The monoisotopic (exact) mass is 238 g/mol. The predicted octanol–water partition coefficient (Wildman–Crippen LogP) is 2.74. The molecule has 0 bridgehead atoms. The molecule has 2 nitrogen and oxygen atoms in total. The highest BCUT2D eigenvalue weighted by Gasteiger charge is 2.32. The van der Waals surface area contributed by atoms with Crippen LogP contribution in [0.2, 0.25) is 0 Å². The zero-order valence-corrected chi connectivity index (χ0v) is 12.1. The van der Waals surface area contributed by atoms with Gasteiger partial charge < -0.3 is 10.2 Å². The average Bonchev–Trinajstić information content (AvgIpc) is 2.26. The predicted molar refractivity (Wildman–Crippen MR) is 74.2 cm³/mol. The fourth-order valence-corrected chi connectivity index (χ4v) is 3.86. The van der Waals surface area contributed by atoms with E-state index >= 15 is 0 Å². The number of hydrogen-bond donors (Lipinski definition) is 1. The van der Waals surface area contributed by atoms with E-state index in [1.807, 2.05) is 0 Å². The van der Waals surface area contributed by atoms with E-state index in [1.165, 1.54) is 38.8 Å². The maximum Gasteiger partial charge on any atom is 0.0121 e. The summed E-state index contributed by atoms with van der Waals surface area (Å²) in [7, 11) is 2.25. The molecule has 4 atom stereocenters. The first-order valence-electron chi connectivity index (χ1n) is 7.52. The summed E-state index contributed by atoms with van der Waals surface area (Å²) in [4.78, 5) is 2.47. The number of nitrogens with zero attached hydrogens (tertiary/aromatic N) is 1. The van der Waals surface area contributed by atoms with E-state index in [0.29, 0.717) is 0 Å². The largest absolute Gasteiger partial charge is 0.310 e. The Hall–Kier alpha value is -0.0800. The van der Waals surface area contributed by atoms with E-state index in [9.17, 15) is 0 Å². The van der Waals surface area contributed by atoms with E-state index in [0.717, 1.165) is 29.8 Å². The minimum Gasteiger partial charge on any atom is -0.310 e. The Kier molecular flexibility index (Phi) is 4.48. The summed E-state index contributed by atoms with van der Waals surface area (Å²) in [5.41, 5.74) is 0. The molecule has 0 spiro atoms. The minimum absolute atomic E-state index is 0.749. The van der Waals surface area contributed by atoms with Crippen molar-refractivity contribution in [3.8, 4) is 0 Å². The first-order valence-corrected chi connectivity index (χ1v) is 7.52. The lowest BCUT2D eigenvalue weighted by Gasteiger charge is -2.42. The quantitative estimate of drug-likeness (QED) is 0.796. The summed E-state index contributed by atoms with van der Waals surface area (Å²) >= 11 is 0. The molecule has 0 aromatic carbocycles. The molecular formula is C15H30N2. The third kappa shape index (κ3) is 3.23. The van der Waals surface area contributed by atoms with Crippen molar-refractivity contribution in [3.05, 3.63) is 0 Å². The summed E-state index contributed by atoms with van der Waals surface area (Å²) in [5, 5.41) is 4.00. The van der Waals surface area contributed by atoms with E-state index in [1.54, 1.807) is 0 Å². The Bertz CT molecular complexity index is 231. The molecule has 2 aliphatic rings. The number of hydrogen-bond acceptors (Lipinski definition) is 2. The second-order valence-electron chi connectivity index (χ2n) is 6.71. The Balaban J connectivity index is 1.90. The molecule has 0 aromatic rings. The highest BCUT2D eigenvalue weighted by Crippen LogP contribution is 2.30. The zero-order chi connectivity index (χ0) is 12.4. The SMILES string of the molecule is CC1CN(C)CCC1NC1C(C)CCCC1C. The van der Waals surface area contributed by atoms with E-state index < -0.39 is 0 Å². The lowest BCUT2D eigenvalue weighted by Crippen LogP contribution is -2.54. The van der Waals surface area contributed by atoms with E-state index in [-0.39, 0.29) is 0 Å². The van der Waals surface area contributed by atoms with Crippen LogP contribution in [-0.4, -0.2) is 37.1 Å². The van der Waals surface area contributed by atoms with Crippen molar-refractivity contribution in [2.45, 2.75) is 58.5 Å². The molecule has 2 rings (SSSR count). The highest BCUT2D eigenvalue weighted by atomic mass is 15.1. The Morgan fingerprint density at radius 1 is 0.941 bits per heavy atom. The molecule has 1 aliphatic carbocycles. The molecule has 1 saturated heterocycles. The van der Waals surface area contributed by atoms with Gasteiger partial charge >= 0.3 is 0 Å². The molecule has 2 fully saturated rings. The highest BCUT2D eigenvalue weighted by molar-refractivity contribution is 4.89. The van der Waals surface area contributed by atoms with Crippen LogP contribution in [-0.2, 0) is 0 Å². The van der Waals surface area contributed by atoms with Gasteiger partial charge in [0.2, 0.25) is 0 Å². The summed E-state index contributed by atoms with van der Waals surface area (Å²) in [5.74, 6) is 2.53. The number of piperidine rings is 1.